The van der Waals surface area contributed by atoms with Gasteiger partial charge in [0.2, 0.25) is 0 Å². The number of unbranched alkanes of at least 4 members (excludes halogenated alkanes) is 2. The van der Waals surface area contributed by atoms with E-state index in [1.165, 1.54) is 88.2 Å². The molecule has 0 atom stereocenters. The van der Waals surface area contributed by atoms with Gasteiger partial charge in [0.15, 0.2) is 6.29 Å². The molecule has 1 aliphatic carbocycles. The number of benzene rings is 1. The van der Waals surface area contributed by atoms with Crippen LogP contribution in [-0.4, -0.2) is 13.2 Å². The zero-order valence-electron chi connectivity index (χ0n) is 18.3. The summed E-state index contributed by atoms with van der Waals surface area (Å²) >= 11 is 0. The van der Waals surface area contributed by atoms with Gasteiger partial charge >= 0.3 is 0 Å². The molecule has 0 radical (unpaired) electrons. The molecular weight excluding hydrogens is 344 g/mol. The third-order valence-electron chi connectivity index (χ3n) is 6.94. The highest BCUT2D eigenvalue weighted by Crippen LogP contribution is 2.34. The first-order valence-electron chi connectivity index (χ1n) is 12.1. The summed E-state index contributed by atoms with van der Waals surface area (Å²) in [6.45, 7) is 6.20. The van der Waals surface area contributed by atoms with E-state index in [1.807, 2.05) is 0 Å². The SMILES string of the molecule is CCCCCC1CCC(CCc2ccc(C3OCC(CCC)CO3)cc2)CC1. The van der Waals surface area contributed by atoms with Gasteiger partial charge in [-0.25, -0.2) is 0 Å². The predicted octanol–water partition coefficient (Wildman–Crippen LogP) is 7.47. The van der Waals surface area contributed by atoms with Crippen molar-refractivity contribution in [1.29, 1.82) is 0 Å². The molecule has 1 saturated carbocycles. The van der Waals surface area contributed by atoms with Crippen LogP contribution in [-0.2, 0) is 15.9 Å². The van der Waals surface area contributed by atoms with Crippen molar-refractivity contribution in [2.75, 3.05) is 13.2 Å². The van der Waals surface area contributed by atoms with Gasteiger partial charge in [-0.05, 0) is 36.7 Å². The number of ether oxygens (including phenoxy) is 2. The Labute approximate surface area is 173 Å². The van der Waals surface area contributed by atoms with Crippen LogP contribution in [0.25, 0.3) is 0 Å². The normalized spacial score (nSPS) is 28.4. The highest BCUT2D eigenvalue weighted by Gasteiger charge is 2.23. The molecule has 0 bridgehead atoms. The lowest BCUT2D eigenvalue weighted by Gasteiger charge is -2.29. The number of aryl methyl sites for hydroxylation is 1. The van der Waals surface area contributed by atoms with Crippen molar-refractivity contribution < 1.29 is 9.47 Å². The molecular formula is C26H42O2. The van der Waals surface area contributed by atoms with E-state index in [9.17, 15) is 0 Å². The van der Waals surface area contributed by atoms with Crippen molar-refractivity contribution >= 4 is 0 Å². The van der Waals surface area contributed by atoms with E-state index in [-0.39, 0.29) is 6.29 Å². The number of rotatable bonds is 10. The molecule has 1 aromatic carbocycles. The first-order valence-corrected chi connectivity index (χ1v) is 12.1. The maximum atomic E-state index is 5.95. The van der Waals surface area contributed by atoms with E-state index in [2.05, 4.69) is 38.1 Å². The topological polar surface area (TPSA) is 18.5 Å². The van der Waals surface area contributed by atoms with E-state index < -0.39 is 0 Å². The average Bonchev–Trinajstić information content (AvgIpc) is 2.75. The Kier molecular flexibility index (Phi) is 9.34. The molecule has 0 spiro atoms. The van der Waals surface area contributed by atoms with E-state index in [1.54, 1.807) is 0 Å². The second-order valence-corrected chi connectivity index (χ2v) is 9.32. The summed E-state index contributed by atoms with van der Waals surface area (Å²) in [7, 11) is 0. The zero-order valence-corrected chi connectivity index (χ0v) is 18.3. The van der Waals surface area contributed by atoms with Gasteiger partial charge in [-0.2, -0.15) is 0 Å². The smallest absolute Gasteiger partial charge is 0.183 e. The Morgan fingerprint density at radius 1 is 0.714 bits per heavy atom. The molecule has 158 valence electrons. The molecule has 3 rings (SSSR count). The molecule has 2 nitrogen and oxygen atoms in total. The predicted molar refractivity (Wildman–Crippen MR) is 117 cm³/mol. The largest absolute Gasteiger partial charge is 0.348 e. The molecule has 1 aliphatic heterocycles. The Balaban J connectivity index is 1.35. The van der Waals surface area contributed by atoms with Crippen LogP contribution in [0.4, 0.5) is 0 Å². The first kappa shape index (κ1) is 21.8. The highest BCUT2D eigenvalue weighted by molar-refractivity contribution is 5.23. The summed E-state index contributed by atoms with van der Waals surface area (Å²) in [5, 5.41) is 0. The minimum atomic E-state index is -0.162. The molecule has 1 aromatic rings. The second-order valence-electron chi connectivity index (χ2n) is 9.32. The lowest BCUT2D eigenvalue weighted by molar-refractivity contribution is -0.206. The molecule has 28 heavy (non-hydrogen) atoms. The fourth-order valence-electron chi connectivity index (χ4n) is 5.01. The number of hydrogen-bond donors (Lipinski definition) is 0. The third kappa shape index (κ3) is 6.88. The molecule has 0 N–H and O–H groups in total. The van der Waals surface area contributed by atoms with Gasteiger partial charge in [0.25, 0.3) is 0 Å². The van der Waals surface area contributed by atoms with Gasteiger partial charge < -0.3 is 9.47 Å². The fourth-order valence-corrected chi connectivity index (χ4v) is 5.01. The Hall–Kier alpha value is -0.860. The van der Waals surface area contributed by atoms with E-state index in [4.69, 9.17) is 9.47 Å². The summed E-state index contributed by atoms with van der Waals surface area (Å²) in [5.41, 5.74) is 2.64. The van der Waals surface area contributed by atoms with Crippen LogP contribution in [0.5, 0.6) is 0 Å². The van der Waals surface area contributed by atoms with Crippen molar-refractivity contribution in [2.45, 2.75) is 97.2 Å². The standard InChI is InChI=1S/C26H42O2/c1-3-5-6-8-21-9-11-22(12-10-21)13-14-23-15-17-25(18-16-23)26-27-19-24(7-4-2)20-28-26/h15-18,21-22,24,26H,3-14,19-20H2,1-2H3. The monoisotopic (exact) mass is 386 g/mol. The molecule has 1 saturated heterocycles. The van der Waals surface area contributed by atoms with Crippen LogP contribution in [0.2, 0.25) is 0 Å². The highest BCUT2D eigenvalue weighted by atomic mass is 16.7. The minimum Gasteiger partial charge on any atom is -0.348 e. The van der Waals surface area contributed by atoms with Crippen molar-refractivity contribution in [2.24, 2.45) is 17.8 Å². The Morgan fingerprint density at radius 3 is 1.96 bits per heavy atom. The average molecular weight is 387 g/mol. The zero-order chi connectivity index (χ0) is 19.6. The summed E-state index contributed by atoms with van der Waals surface area (Å²) < 4.78 is 11.9. The molecule has 2 aliphatic rings. The molecule has 2 fully saturated rings. The van der Waals surface area contributed by atoms with Crippen LogP contribution in [0.15, 0.2) is 24.3 Å². The van der Waals surface area contributed by atoms with Gasteiger partial charge in [0.05, 0.1) is 13.2 Å². The molecule has 1 heterocycles. The van der Waals surface area contributed by atoms with Gasteiger partial charge in [0, 0.05) is 11.5 Å². The fraction of sp³-hybridized carbons (Fsp3) is 0.769. The third-order valence-corrected chi connectivity index (χ3v) is 6.94. The number of hydrogen-bond acceptors (Lipinski definition) is 2. The lowest BCUT2D eigenvalue weighted by atomic mass is 9.78. The molecule has 2 heteroatoms. The van der Waals surface area contributed by atoms with Crippen molar-refractivity contribution in [3.8, 4) is 0 Å². The van der Waals surface area contributed by atoms with Crippen LogP contribution >= 0.6 is 0 Å². The van der Waals surface area contributed by atoms with Crippen molar-refractivity contribution in [3.63, 3.8) is 0 Å². The first-order chi connectivity index (χ1) is 13.8. The summed E-state index contributed by atoms with van der Waals surface area (Å²) in [5.74, 6) is 2.54. The second kappa shape index (κ2) is 12.0. The van der Waals surface area contributed by atoms with Gasteiger partial charge in [-0.15, -0.1) is 0 Å². The van der Waals surface area contributed by atoms with Gasteiger partial charge in [-0.1, -0.05) is 95.9 Å². The van der Waals surface area contributed by atoms with Crippen molar-refractivity contribution in [1.82, 2.24) is 0 Å². The summed E-state index contributed by atoms with van der Waals surface area (Å²) in [4.78, 5) is 0. The maximum Gasteiger partial charge on any atom is 0.183 e. The molecule has 0 aromatic heterocycles. The molecule has 0 amide bonds. The van der Waals surface area contributed by atoms with Crippen LogP contribution < -0.4 is 0 Å². The van der Waals surface area contributed by atoms with Gasteiger partial charge in [0.1, 0.15) is 0 Å². The van der Waals surface area contributed by atoms with Crippen LogP contribution in [0.1, 0.15) is 102 Å². The van der Waals surface area contributed by atoms with E-state index >= 15 is 0 Å². The van der Waals surface area contributed by atoms with Gasteiger partial charge in [-0.3, -0.25) is 0 Å². The van der Waals surface area contributed by atoms with Crippen LogP contribution in [0.3, 0.4) is 0 Å². The minimum absolute atomic E-state index is 0.162. The van der Waals surface area contributed by atoms with Crippen LogP contribution in [0, 0.1) is 17.8 Å². The maximum absolute atomic E-state index is 5.95. The van der Waals surface area contributed by atoms with Crippen molar-refractivity contribution in [3.05, 3.63) is 35.4 Å². The Morgan fingerprint density at radius 2 is 1.36 bits per heavy atom. The van der Waals surface area contributed by atoms with E-state index in [0.29, 0.717) is 5.92 Å². The molecule has 0 unspecified atom stereocenters. The summed E-state index contributed by atoms with van der Waals surface area (Å²) in [6.07, 6.45) is 16.4. The Bertz CT molecular complexity index is 522. The quantitative estimate of drug-likeness (QED) is 0.388. The lowest BCUT2D eigenvalue weighted by Crippen LogP contribution is -2.26. The van der Waals surface area contributed by atoms with E-state index in [0.717, 1.165) is 25.0 Å². The summed E-state index contributed by atoms with van der Waals surface area (Å²) in [6, 6.07) is 9.00.